The number of carboxylic acids is 1. The van der Waals surface area contributed by atoms with Crippen LogP contribution in [0.15, 0.2) is 35.7 Å². The van der Waals surface area contributed by atoms with Crippen molar-refractivity contribution in [3.05, 3.63) is 40.9 Å². The maximum atomic E-state index is 10.5. The number of aromatic amines is 1. The van der Waals surface area contributed by atoms with Crippen molar-refractivity contribution in [2.75, 3.05) is 6.61 Å². The second-order valence-electron chi connectivity index (χ2n) is 3.47. The van der Waals surface area contributed by atoms with E-state index >= 15 is 0 Å². The summed E-state index contributed by atoms with van der Waals surface area (Å²) in [6.07, 6.45) is 2.95. The Bertz CT molecular complexity index is 662. The third-order valence-corrected chi connectivity index (χ3v) is 2.41. The van der Waals surface area contributed by atoms with Crippen LogP contribution in [0, 0.1) is 4.77 Å². The monoisotopic (exact) mass is 278 g/mol. The molecule has 1 aromatic heterocycles. The molecule has 0 aliphatic heterocycles. The summed E-state index contributed by atoms with van der Waals surface area (Å²) in [4.78, 5) is 10.5. The molecular weight excluding hydrogens is 268 g/mol. The first-order valence-electron chi connectivity index (χ1n) is 5.27. The minimum absolute atomic E-state index is 0.361. The number of benzene rings is 1. The number of aliphatic carboxylic acids is 1. The maximum Gasteiger partial charge on any atom is 0.341 e. The van der Waals surface area contributed by atoms with Gasteiger partial charge in [0, 0.05) is 5.56 Å². The van der Waals surface area contributed by atoms with Gasteiger partial charge in [0.05, 0.1) is 6.21 Å². The predicted octanol–water partition coefficient (Wildman–Crippen LogP) is 1.29. The zero-order valence-electron chi connectivity index (χ0n) is 9.68. The minimum Gasteiger partial charge on any atom is -0.481 e. The number of para-hydroxylation sites is 1. The van der Waals surface area contributed by atoms with Gasteiger partial charge in [-0.15, -0.1) is 0 Å². The summed E-state index contributed by atoms with van der Waals surface area (Å²) in [5.41, 5.74) is 0.645. The van der Waals surface area contributed by atoms with Crippen molar-refractivity contribution in [3.8, 4) is 5.75 Å². The van der Waals surface area contributed by atoms with Crippen molar-refractivity contribution in [1.82, 2.24) is 14.9 Å². The summed E-state index contributed by atoms with van der Waals surface area (Å²) in [6, 6.07) is 6.96. The number of rotatable bonds is 5. The van der Waals surface area contributed by atoms with Crippen LogP contribution in [0.5, 0.6) is 5.75 Å². The van der Waals surface area contributed by atoms with Gasteiger partial charge in [0.2, 0.25) is 4.77 Å². The Labute approximate surface area is 113 Å². The van der Waals surface area contributed by atoms with Crippen LogP contribution in [0.25, 0.3) is 0 Å². The lowest BCUT2D eigenvalue weighted by molar-refractivity contribution is -0.139. The molecule has 1 aromatic carbocycles. The molecule has 0 spiro atoms. The van der Waals surface area contributed by atoms with E-state index in [-0.39, 0.29) is 0 Å². The molecule has 0 atom stereocenters. The molecule has 0 aliphatic carbocycles. The molecule has 2 N–H and O–H groups in total. The second kappa shape index (κ2) is 5.91. The normalized spacial score (nSPS) is 10.7. The fraction of sp³-hybridized carbons (Fsp3) is 0.0909. The molecule has 2 rings (SSSR count). The average molecular weight is 278 g/mol. The van der Waals surface area contributed by atoms with E-state index < -0.39 is 12.6 Å². The van der Waals surface area contributed by atoms with E-state index in [0.717, 1.165) is 0 Å². The van der Waals surface area contributed by atoms with Gasteiger partial charge >= 0.3 is 5.97 Å². The van der Waals surface area contributed by atoms with E-state index in [2.05, 4.69) is 15.3 Å². The number of carbonyl (C=O) groups is 1. The van der Waals surface area contributed by atoms with E-state index in [1.807, 2.05) is 0 Å². The van der Waals surface area contributed by atoms with Crippen LogP contribution in [0.3, 0.4) is 0 Å². The van der Waals surface area contributed by atoms with Gasteiger partial charge in [0.25, 0.3) is 0 Å². The molecule has 19 heavy (non-hydrogen) atoms. The fourth-order valence-corrected chi connectivity index (χ4v) is 1.45. The molecule has 98 valence electrons. The highest BCUT2D eigenvalue weighted by Gasteiger charge is 2.03. The Morgan fingerprint density at radius 2 is 2.37 bits per heavy atom. The van der Waals surface area contributed by atoms with E-state index in [0.29, 0.717) is 16.1 Å². The van der Waals surface area contributed by atoms with Crippen molar-refractivity contribution in [2.24, 2.45) is 5.10 Å². The lowest BCUT2D eigenvalue weighted by atomic mass is 10.2. The van der Waals surface area contributed by atoms with Crippen LogP contribution in [0.4, 0.5) is 0 Å². The van der Waals surface area contributed by atoms with Crippen molar-refractivity contribution in [1.29, 1.82) is 0 Å². The molecule has 7 nitrogen and oxygen atoms in total. The van der Waals surface area contributed by atoms with Crippen molar-refractivity contribution in [3.63, 3.8) is 0 Å². The van der Waals surface area contributed by atoms with E-state index in [4.69, 9.17) is 22.1 Å². The Balaban J connectivity index is 2.20. The average Bonchev–Trinajstić information content (AvgIpc) is 2.80. The van der Waals surface area contributed by atoms with Gasteiger partial charge in [-0.25, -0.2) is 4.79 Å². The van der Waals surface area contributed by atoms with Gasteiger partial charge in [0.15, 0.2) is 6.61 Å². The number of H-pyrrole nitrogens is 1. The highest BCUT2D eigenvalue weighted by atomic mass is 32.1. The zero-order valence-corrected chi connectivity index (χ0v) is 10.5. The number of aromatic nitrogens is 3. The molecule has 0 saturated heterocycles. The van der Waals surface area contributed by atoms with Crippen LogP contribution < -0.4 is 4.74 Å². The molecule has 8 heteroatoms. The number of hydrogen-bond donors (Lipinski definition) is 2. The first-order valence-corrected chi connectivity index (χ1v) is 5.67. The summed E-state index contributed by atoms with van der Waals surface area (Å²) in [7, 11) is 0. The van der Waals surface area contributed by atoms with Crippen LogP contribution in [0.1, 0.15) is 5.56 Å². The molecule has 0 bridgehead atoms. The summed E-state index contributed by atoms with van der Waals surface area (Å²) in [6.45, 7) is -0.407. The van der Waals surface area contributed by atoms with Crippen molar-refractivity contribution >= 4 is 24.4 Å². The van der Waals surface area contributed by atoms with Gasteiger partial charge in [-0.2, -0.15) is 14.9 Å². The molecule has 0 aliphatic rings. The lowest BCUT2D eigenvalue weighted by Gasteiger charge is -2.05. The number of nitrogens with one attached hydrogen (secondary N) is 1. The van der Waals surface area contributed by atoms with Gasteiger partial charge in [-0.1, -0.05) is 12.1 Å². The third-order valence-electron chi connectivity index (χ3n) is 2.13. The van der Waals surface area contributed by atoms with Gasteiger partial charge in [-0.05, 0) is 24.4 Å². The van der Waals surface area contributed by atoms with E-state index in [1.54, 1.807) is 24.3 Å². The lowest BCUT2D eigenvalue weighted by Crippen LogP contribution is -2.10. The van der Waals surface area contributed by atoms with E-state index in [9.17, 15) is 4.79 Å². The van der Waals surface area contributed by atoms with Gasteiger partial charge < -0.3 is 9.84 Å². The number of carboxylic acid groups (broad SMARTS) is 1. The number of hydrogen-bond acceptors (Lipinski definition) is 5. The predicted molar refractivity (Wildman–Crippen MR) is 70.0 cm³/mol. The van der Waals surface area contributed by atoms with Crippen LogP contribution in [-0.4, -0.2) is 38.8 Å². The Morgan fingerprint density at radius 1 is 1.58 bits per heavy atom. The van der Waals surface area contributed by atoms with Crippen LogP contribution in [-0.2, 0) is 4.79 Å². The maximum absolute atomic E-state index is 10.5. The Morgan fingerprint density at radius 3 is 3.05 bits per heavy atom. The molecule has 0 radical (unpaired) electrons. The minimum atomic E-state index is -1.04. The van der Waals surface area contributed by atoms with Gasteiger partial charge in [0.1, 0.15) is 12.1 Å². The topological polar surface area (TPSA) is 92.5 Å². The van der Waals surface area contributed by atoms with Crippen LogP contribution in [0.2, 0.25) is 0 Å². The summed E-state index contributed by atoms with van der Waals surface area (Å²) < 4.78 is 6.89. The van der Waals surface area contributed by atoms with E-state index in [1.165, 1.54) is 17.2 Å². The SMILES string of the molecule is O=C(O)COc1ccccc1/C=N\n1cn[nH]c1=S. The first kappa shape index (κ1) is 13.0. The zero-order chi connectivity index (χ0) is 13.7. The fourth-order valence-electron chi connectivity index (χ4n) is 1.31. The number of nitrogens with zero attached hydrogens (tertiary/aromatic N) is 3. The molecular formula is C11H10N4O3S. The molecule has 1 heterocycles. The Hall–Kier alpha value is -2.48. The molecule has 0 fully saturated rings. The first-order chi connectivity index (χ1) is 9.16. The molecule has 0 saturated carbocycles. The molecule has 0 amide bonds. The summed E-state index contributed by atoms with van der Waals surface area (Å²) in [5.74, 6) is -0.604. The van der Waals surface area contributed by atoms with Crippen LogP contribution >= 0.6 is 12.2 Å². The summed E-state index contributed by atoms with van der Waals surface area (Å²) >= 11 is 4.94. The standard InChI is InChI=1S/C11H10N4O3S/c16-10(17)6-18-9-4-2-1-3-8(9)5-13-15-7-12-14-11(15)19/h1-5,7H,6H2,(H,14,19)(H,16,17)/b13-5-. The summed E-state index contributed by atoms with van der Waals surface area (Å²) in [5, 5.41) is 19.0. The second-order valence-corrected chi connectivity index (χ2v) is 3.86. The van der Waals surface area contributed by atoms with Crippen molar-refractivity contribution in [2.45, 2.75) is 0 Å². The van der Waals surface area contributed by atoms with Gasteiger partial charge in [-0.3, -0.25) is 5.10 Å². The number of ether oxygens (including phenoxy) is 1. The highest BCUT2D eigenvalue weighted by Crippen LogP contribution is 2.15. The molecule has 0 unspecified atom stereocenters. The highest BCUT2D eigenvalue weighted by molar-refractivity contribution is 7.71. The largest absolute Gasteiger partial charge is 0.481 e. The van der Waals surface area contributed by atoms with Crippen molar-refractivity contribution < 1.29 is 14.6 Å². The smallest absolute Gasteiger partial charge is 0.341 e. The third kappa shape index (κ3) is 3.49. The quantitative estimate of drug-likeness (QED) is 0.635. The molecule has 2 aromatic rings. The Kier molecular flexibility index (Phi) is 4.04.